The molecule has 0 aromatic rings. The van der Waals surface area contributed by atoms with E-state index in [0.29, 0.717) is 0 Å². The molecular weight excluding hydrogens is 241 g/mol. The Kier molecular flexibility index (Phi) is 5.07. The molecule has 96 valence electrons. The predicted octanol–water partition coefficient (Wildman–Crippen LogP) is 1.22. The molecular formula is C7H10F5NO3. The van der Waals surface area contributed by atoms with Crippen LogP contribution in [-0.2, 0) is 9.53 Å². The molecule has 0 unspecified atom stereocenters. The van der Waals surface area contributed by atoms with Crippen molar-refractivity contribution in [3.05, 3.63) is 0 Å². The summed E-state index contributed by atoms with van der Waals surface area (Å²) in [6.07, 6.45) is -5.75. The first-order valence-electron chi connectivity index (χ1n) is 4.02. The number of rotatable bonds is 1. The number of ether oxygens (including phenoxy) is 1. The predicted molar refractivity (Wildman–Crippen MR) is 42.1 cm³/mol. The number of nitrogens with one attached hydrogen (secondary N) is 1. The summed E-state index contributed by atoms with van der Waals surface area (Å²) in [6, 6.07) is 0. The SMILES string of the molecule is CO[C@@H]1CC(F)(F)CN1.O=C(O)C(F)(F)F. The molecule has 0 saturated carbocycles. The first kappa shape index (κ1) is 15.0. The van der Waals surface area contributed by atoms with Gasteiger partial charge in [-0.1, -0.05) is 0 Å². The van der Waals surface area contributed by atoms with Gasteiger partial charge in [-0.05, 0) is 0 Å². The molecule has 0 spiro atoms. The van der Waals surface area contributed by atoms with Crippen LogP contribution >= 0.6 is 0 Å². The van der Waals surface area contributed by atoms with Crippen molar-refractivity contribution < 1.29 is 36.6 Å². The van der Waals surface area contributed by atoms with Crippen molar-refractivity contribution in [2.24, 2.45) is 0 Å². The summed E-state index contributed by atoms with van der Waals surface area (Å²) in [5.74, 6) is -5.33. The average Bonchev–Trinajstić information content (AvgIpc) is 2.45. The van der Waals surface area contributed by atoms with Gasteiger partial charge in [-0.15, -0.1) is 0 Å². The van der Waals surface area contributed by atoms with Crippen LogP contribution in [0.15, 0.2) is 0 Å². The number of methoxy groups -OCH3 is 1. The average molecular weight is 251 g/mol. The maximum atomic E-state index is 12.2. The minimum Gasteiger partial charge on any atom is -0.475 e. The quantitative estimate of drug-likeness (QED) is 0.688. The van der Waals surface area contributed by atoms with Crippen LogP contribution in [0.3, 0.4) is 0 Å². The Labute approximate surface area is 87.4 Å². The molecule has 1 saturated heterocycles. The summed E-state index contributed by atoms with van der Waals surface area (Å²) in [5.41, 5.74) is 0. The Balaban J connectivity index is 0.000000293. The molecule has 1 atom stereocenters. The van der Waals surface area contributed by atoms with Crippen molar-refractivity contribution in [2.75, 3.05) is 13.7 Å². The third-order valence-corrected chi connectivity index (χ3v) is 1.60. The molecule has 1 aliphatic rings. The van der Waals surface area contributed by atoms with Crippen LogP contribution in [0.25, 0.3) is 0 Å². The van der Waals surface area contributed by atoms with Gasteiger partial charge in [-0.2, -0.15) is 13.2 Å². The molecule has 0 aromatic heterocycles. The van der Waals surface area contributed by atoms with Gasteiger partial charge in [0.1, 0.15) is 6.23 Å². The number of hydrogen-bond acceptors (Lipinski definition) is 3. The molecule has 0 aliphatic carbocycles. The van der Waals surface area contributed by atoms with E-state index in [9.17, 15) is 22.0 Å². The van der Waals surface area contributed by atoms with Crippen LogP contribution in [0.1, 0.15) is 6.42 Å². The van der Waals surface area contributed by atoms with Crippen LogP contribution in [0.5, 0.6) is 0 Å². The van der Waals surface area contributed by atoms with E-state index in [4.69, 9.17) is 9.90 Å². The summed E-state index contributed by atoms with van der Waals surface area (Å²) >= 11 is 0. The van der Waals surface area contributed by atoms with Gasteiger partial charge < -0.3 is 9.84 Å². The second kappa shape index (κ2) is 5.39. The molecule has 4 nitrogen and oxygen atoms in total. The Morgan fingerprint density at radius 2 is 1.94 bits per heavy atom. The van der Waals surface area contributed by atoms with E-state index in [-0.39, 0.29) is 13.0 Å². The van der Waals surface area contributed by atoms with Crippen LogP contribution in [0.2, 0.25) is 0 Å². The zero-order valence-electron chi connectivity index (χ0n) is 8.15. The molecule has 16 heavy (non-hydrogen) atoms. The van der Waals surface area contributed by atoms with Crippen LogP contribution in [0, 0.1) is 0 Å². The normalized spacial score (nSPS) is 23.5. The second-order valence-corrected chi connectivity index (χ2v) is 2.97. The zero-order valence-corrected chi connectivity index (χ0v) is 8.15. The topological polar surface area (TPSA) is 58.6 Å². The van der Waals surface area contributed by atoms with E-state index >= 15 is 0 Å². The fraction of sp³-hybridized carbons (Fsp3) is 0.857. The highest BCUT2D eigenvalue weighted by Gasteiger charge is 2.39. The molecule has 9 heteroatoms. The van der Waals surface area contributed by atoms with E-state index in [1.165, 1.54) is 7.11 Å². The Bertz CT molecular complexity index is 243. The lowest BCUT2D eigenvalue weighted by Gasteiger charge is -2.06. The standard InChI is InChI=1S/C5H9F2NO.C2HF3O2/c1-9-4-2-5(6,7)3-8-4;3-2(4,5)1(6)7/h4,8H,2-3H2,1H3;(H,6,7)/t4-;/m1./s1. The van der Waals surface area contributed by atoms with Gasteiger partial charge in [-0.25, -0.2) is 13.6 Å². The molecule has 1 aliphatic heterocycles. The lowest BCUT2D eigenvalue weighted by atomic mass is 10.3. The highest BCUT2D eigenvalue weighted by molar-refractivity contribution is 5.73. The summed E-state index contributed by atoms with van der Waals surface area (Å²) in [6.45, 7) is -0.258. The van der Waals surface area contributed by atoms with E-state index in [1.807, 2.05) is 0 Å². The van der Waals surface area contributed by atoms with E-state index in [1.54, 1.807) is 0 Å². The summed E-state index contributed by atoms with van der Waals surface area (Å²) in [7, 11) is 1.42. The zero-order chi connectivity index (χ0) is 13.0. The highest BCUT2D eigenvalue weighted by atomic mass is 19.4. The minimum atomic E-state index is -5.08. The Morgan fingerprint density at radius 3 is 2.06 bits per heavy atom. The van der Waals surface area contributed by atoms with E-state index in [0.717, 1.165) is 0 Å². The maximum Gasteiger partial charge on any atom is 0.490 e. The Morgan fingerprint density at radius 1 is 1.50 bits per heavy atom. The van der Waals surface area contributed by atoms with Gasteiger partial charge >= 0.3 is 12.1 Å². The lowest BCUT2D eigenvalue weighted by molar-refractivity contribution is -0.192. The minimum absolute atomic E-state index is 0.205. The van der Waals surface area contributed by atoms with Gasteiger partial charge in [0, 0.05) is 7.11 Å². The third kappa shape index (κ3) is 5.81. The molecule has 0 radical (unpaired) electrons. The van der Waals surface area contributed by atoms with Crippen LogP contribution < -0.4 is 5.32 Å². The number of carboxylic acids is 1. The first-order valence-corrected chi connectivity index (χ1v) is 4.02. The van der Waals surface area contributed by atoms with Crippen LogP contribution in [-0.4, -0.2) is 43.1 Å². The van der Waals surface area contributed by atoms with Crippen molar-refractivity contribution in [2.45, 2.75) is 24.7 Å². The number of hydrogen-bond donors (Lipinski definition) is 2. The molecule has 2 N–H and O–H groups in total. The van der Waals surface area contributed by atoms with Gasteiger partial charge in [-0.3, -0.25) is 5.32 Å². The van der Waals surface area contributed by atoms with Gasteiger partial charge in [0.2, 0.25) is 0 Å². The van der Waals surface area contributed by atoms with Gasteiger partial charge in [0.25, 0.3) is 5.92 Å². The molecule has 0 bridgehead atoms. The fourth-order valence-electron chi connectivity index (χ4n) is 0.845. The molecule has 1 heterocycles. The summed E-state index contributed by atoms with van der Waals surface area (Å²) < 4.78 is 60.9. The van der Waals surface area contributed by atoms with Gasteiger partial charge in [0.05, 0.1) is 13.0 Å². The number of alkyl halides is 5. The number of halogens is 5. The summed E-state index contributed by atoms with van der Waals surface area (Å²) in [5, 5.41) is 9.65. The van der Waals surface area contributed by atoms with Gasteiger partial charge in [0.15, 0.2) is 0 Å². The largest absolute Gasteiger partial charge is 0.490 e. The van der Waals surface area contributed by atoms with Crippen molar-refractivity contribution in [1.29, 1.82) is 0 Å². The van der Waals surface area contributed by atoms with E-state index < -0.39 is 24.3 Å². The third-order valence-electron chi connectivity index (χ3n) is 1.60. The monoisotopic (exact) mass is 251 g/mol. The Hall–Kier alpha value is -0.960. The van der Waals surface area contributed by atoms with Crippen molar-refractivity contribution >= 4 is 5.97 Å². The fourth-order valence-corrected chi connectivity index (χ4v) is 0.845. The van der Waals surface area contributed by atoms with Crippen LogP contribution in [0.4, 0.5) is 22.0 Å². The highest BCUT2D eigenvalue weighted by Crippen LogP contribution is 2.24. The smallest absolute Gasteiger partial charge is 0.475 e. The van der Waals surface area contributed by atoms with Crippen molar-refractivity contribution in [3.8, 4) is 0 Å². The second-order valence-electron chi connectivity index (χ2n) is 2.97. The number of carbonyl (C=O) groups is 1. The molecule has 0 aromatic carbocycles. The number of carboxylic acid groups (broad SMARTS) is 1. The van der Waals surface area contributed by atoms with Crippen molar-refractivity contribution in [1.82, 2.24) is 5.32 Å². The molecule has 1 rings (SSSR count). The number of aliphatic carboxylic acids is 1. The van der Waals surface area contributed by atoms with E-state index in [2.05, 4.69) is 10.1 Å². The lowest BCUT2D eigenvalue weighted by Crippen LogP contribution is -2.23. The molecule has 0 amide bonds. The van der Waals surface area contributed by atoms with Crippen molar-refractivity contribution in [3.63, 3.8) is 0 Å². The summed E-state index contributed by atoms with van der Waals surface area (Å²) in [4.78, 5) is 8.90. The molecule has 1 fully saturated rings. The first-order chi connectivity index (χ1) is 7.08. The maximum absolute atomic E-state index is 12.2.